The number of para-hydroxylation sites is 1. The standard InChI is InChI=1S/C38H40FN5O5/c1-24-13-17-43(18-14-24)16-7-19-48-35-23-30-28(22-34(35)47-4)32(12-15-40-30)49-33-11-10-27(21-29(33)39)41-38(46)37-26(3)20-36(45)44(42-37)31-9-6-5-8-25(31)2/h5-6,8-12,15,20-24H,7,13-14,16-19H2,1-4H3,(H,41,46). The molecular weight excluding hydrogens is 625 g/mol. The van der Waals surface area contributed by atoms with Gasteiger partial charge in [-0.3, -0.25) is 14.6 Å². The maximum absolute atomic E-state index is 15.4. The smallest absolute Gasteiger partial charge is 0.276 e. The van der Waals surface area contributed by atoms with E-state index in [9.17, 15) is 9.59 Å². The molecule has 1 aliphatic rings. The molecule has 5 aromatic rings. The fourth-order valence-corrected chi connectivity index (χ4v) is 5.96. The molecule has 1 fully saturated rings. The number of carbonyl (C=O) groups excluding carboxylic acids is 1. The van der Waals surface area contributed by atoms with Gasteiger partial charge in [0, 0.05) is 42.0 Å². The molecule has 2 aromatic heterocycles. The Bertz CT molecular complexity index is 2040. The average molecular weight is 666 g/mol. The Kier molecular flexibility index (Phi) is 10.2. The number of methoxy groups -OCH3 is 1. The van der Waals surface area contributed by atoms with Gasteiger partial charge in [0.2, 0.25) is 0 Å². The van der Waals surface area contributed by atoms with Gasteiger partial charge in [-0.15, -0.1) is 0 Å². The molecule has 0 spiro atoms. The molecule has 0 aliphatic carbocycles. The van der Waals surface area contributed by atoms with Crippen LogP contribution in [-0.2, 0) is 0 Å². The Morgan fingerprint density at radius 2 is 1.76 bits per heavy atom. The van der Waals surface area contributed by atoms with Crippen molar-refractivity contribution >= 4 is 22.5 Å². The number of aryl methyl sites for hydroxylation is 2. The maximum Gasteiger partial charge on any atom is 0.276 e. The second kappa shape index (κ2) is 14.9. The molecule has 10 nitrogen and oxygen atoms in total. The van der Waals surface area contributed by atoms with Gasteiger partial charge in [-0.1, -0.05) is 25.1 Å². The Hall–Kier alpha value is -5.29. The van der Waals surface area contributed by atoms with Crippen LogP contribution in [0, 0.1) is 25.6 Å². The molecular formula is C38H40FN5O5. The van der Waals surface area contributed by atoms with Gasteiger partial charge in [0.1, 0.15) is 5.75 Å². The lowest BCUT2D eigenvalue weighted by Crippen LogP contribution is -2.34. The number of nitrogens with zero attached hydrogens (tertiary/aromatic N) is 4. The number of hydrogen-bond acceptors (Lipinski definition) is 8. The number of anilines is 1. The predicted octanol–water partition coefficient (Wildman–Crippen LogP) is 7.09. The van der Waals surface area contributed by atoms with Crippen molar-refractivity contribution in [2.45, 2.75) is 40.0 Å². The molecule has 0 atom stereocenters. The van der Waals surface area contributed by atoms with E-state index < -0.39 is 11.7 Å². The highest BCUT2D eigenvalue weighted by atomic mass is 19.1. The highest BCUT2D eigenvalue weighted by Gasteiger charge is 2.19. The monoisotopic (exact) mass is 665 g/mol. The highest BCUT2D eigenvalue weighted by Crippen LogP contribution is 2.38. The van der Waals surface area contributed by atoms with Gasteiger partial charge in [-0.2, -0.15) is 9.78 Å². The molecule has 0 radical (unpaired) electrons. The number of fused-ring (bicyclic) bond motifs is 1. The van der Waals surface area contributed by atoms with Gasteiger partial charge in [0.25, 0.3) is 11.5 Å². The third-order valence-corrected chi connectivity index (χ3v) is 8.83. The van der Waals surface area contributed by atoms with Gasteiger partial charge in [0.15, 0.2) is 28.8 Å². The number of ether oxygens (including phenoxy) is 3. The van der Waals surface area contributed by atoms with Crippen LogP contribution in [-0.4, -0.2) is 58.9 Å². The number of amides is 1. The summed E-state index contributed by atoms with van der Waals surface area (Å²) in [5, 5.41) is 7.63. The summed E-state index contributed by atoms with van der Waals surface area (Å²) in [7, 11) is 1.57. The van der Waals surface area contributed by atoms with E-state index >= 15 is 4.39 Å². The van der Waals surface area contributed by atoms with Crippen molar-refractivity contribution < 1.29 is 23.4 Å². The van der Waals surface area contributed by atoms with Crippen molar-refractivity contribution in [3.8, 4) is 28.7 Å². The number of benzene rings is 3. The predicted molar refractivity (Wildman–Crippen MR) is 187 cm³/mol. The Morgan fingerprint density at radius 1 is 0.959 bits per heavy atom. The molecule has 0 saturated carbocycles. The van der Waals surface area contributed by atoms with E-state index in [0.29, 0.717) is 46.0 Å². The van der Waals surface area contributed by atoms with Crippen molar-refractivity contribution in [3.05, 3.63) is 106 Å². The zero-order chi connectivity index (χ0) is 34.5. The maximum atomic E-state index is 15.4. The summed E-state index contributed by atoms with van der Waals surface area (Å²) in [5.74, 6) is 0.968. The van der Waals surface area contributed by atoms with Crippen molar-refractivity contribution in [1.82, 2.24) is 19.7 Å². The number of piperidine rings is 1. The topological polar surface area (TPSA) is 108 Å². The lowest BCUT2D eigenvalue weighted by Gasteiger charge is -2.30. The molecule has 1 amide bonds. The van der Waals surface area contributed by atoms with E-state index in [2.05, 4.69) is 27.2 Å². The number of halogens is 1. The van der Waals surface area contributed by atoms with Crippen LogP contribution in [0.4, 0.5) is 10.1 Å². The van der Waals surface area contributed by atoms with Crippen LogP contribution in [0.2, 0.25) is 0 Å². The minimum absolute atomic E-state index is 0.0423. The summed E-state index contributed by atoms with van der Waals surface area (Å²) in [6, 6.07) is 18.0. The Morgan fingerprint density at radius 3 is 2.51 bits per heavy atom. The Balaban J connectivity index is 1.15. The molecule has 0 bridgehead atoms. The fraction of sp³-hybridized carbons (Fsp3) is 0.316. The third-order valence-electron chi connectivity index (χ3n) is 8.83. The second-order valence-electron chi connectivity index (χ2n) is 12.5. The van der Waals surface area contributed by atoms with Crippen molar-refractivity contribution in [1.29, 1.82) is 0 Å². The summed E-state index contributed by atoms with van der Waals surface area (Å²) >= 11 is 0. The van der Waals surface area contributed by atoms with Crippen molar-refractivity contribution in [2.24, 2.45) is 5.92 Å². The number of hydrogen-bond donors (Lipinski definition) is 1. The highest BCUT2D eigenvalue weighted by molar-refractivity contribution is 6.03. The molecule has 11 heteroatoms. The molecule has 1 saturated heterocycles. The third kappa shape index (κ3) is 7.73. The van der Waals surface area contributed by atoms with Crippen LogP contribution in [0.5, 0.6) is 23.0 Å². The Labute approximate surface area is 284 Å². The number of likely N-dealkylation sites (tertiary alicyclic amines) is 1. The number of pyridine rings is 1. The summed E-state index contributed by atoms with van der Waals surface area (Å²) in [6.45, 7) is 9.60. The van der Waals surface area contributed by atoms with Gasteiger partial charge in [-0.05, 0) is 93.6 Å². The van der Waals surface area contributed by atoms with E-state index in [4.69, 9.17) is 14.2 Å². The van der Waals surface area contributed by atoms with E-state index in [1.165, 1.54) is 41.8 Å². The van der Waals surface area contributed by atoms with Crippen LogP contribution in [0.25, 0.3) is 16.6 Å². The van der Waals surface area contributed by atoms with Crippen LogP contribution < -0.4 is 25.1 Å². The van der Waals surface area contributed by atoms with Crippen LogP contribution in [0.1, 0.15) is 47.8 Å². The molecule has 49 heavy (non-hydrogen) atoms. The second-order valence-corrected chi connectivity index (χ2v) is 12.5. The quantitative estimate of drug-likeness (QED) is 0.149. The van der Waals surface area contributed by atoms with Crippen molar-refractivity contribution in [2.75, 3.05) is 38.7 Å². The number of aromatic nitrogens is 3. The number of rotatable bonds is 11. The van der Waals surface area contributed by atoms with Gasteiger partial charge >= 0.3 is 0 Å². The zero-order valence-corrected chi connectivity index (χ0v) is 28.2. The normalized spacial score (nSPS) is 13.7. The van der Waals surface area contributed by atoms with Crippen LogP contribution in [0.3, 0.4) is 0 Å². The zero-order valence-electron chi connectivity index (χ0n) is 28.2. The first-order chi connectivity index (χ1) is 23.7. The van der Waals surface area contributed by atoms with E-state index in [0.717, 1.165) is 37.5 Å². The van der Waals surface area contributed by atoms with Gasteiger partial charge in [-0.25, -0.2) is 4.39 Å². The van der Waals surface area contributed by atoms with Crippen molar-refractivity contribution in [3.63, 3.8) is 0 Å². The molecule has 6 rings (SSSR count). The average Bonchev–Trinajstić information content (AvgIpc) is 3.09. The van der Waals surface area contributed by atoms with Crippen LogP contribution >= 0.6 is 0 Å². The molecule has 1 N–H and O–H groups in total. The molecule has 3 aromatic carbocycles. The summed E-state index contributed by atoms with van der Waals surface area (Å²) in [4.78, 5) is 32.9. The summed E-state index contributed by atoms with van der Waals surface area (Å²) in [6.07, 6.45) is 4.97. The molecule has 0 unspecified atom stereocenters. The summed E-state index contributed by atoms with van der Waals surface area (Å²) in [5.41, 5.74) is 2.28. The number of carbonyl (C=O) groups is 1. The molecule has 1 aliphatic heterocycles. The van der Waals surface area contributed by atoms with E-state index in [1.807, 2.05) is 19.1 Å². The fourth-order valence-electron chi connectivity index (χ4n) is 5.96. The minimum atomic E-state index is -0.688. The molecule has 254 valence electrons. The first-order valence-electron chi connectivity index (χ1n) is 16.5. The van der Waals surface area contributed by atoms with E-state index in [-0.39, 0.29) is 22.7 Å². The minimum Gasteiger partial charge on any atom is -0.493 e. The lowest BCUT2D eigenvalue weighted by molar-refractivity contribution is 0.102. The first-order valence-corrected chi connectivity index (χ1v) is 16.5. The molecule has 3 heterocycles. The van der Waals surface area contributed by atoms with Gasteiger partial charge in [0.05, 0.1) is 24.9 Å². The summed E-state index contributed by atoms with van der Waals surface area (Å²) < 4.78 is 34.3. The lowest BCUT2D eigenvalue weighted by atomic mass is 9.99. The largest absolute Gasteiger partial charge is 0.493 e. The first kappa shape index (κ1) is 33.6. The van der Waals surface area contributed by atoms with E-state index in [1.54, 1.807) is 50.6 Å². The van der Waals surface area contributed by atoms with Crippen LogP contribution in [0.15, 0.2) is 77.7 Å². The number of nitrogens with one attached hydrogen (secondary N) is 1. The SMILES string of the molecule is COc1cc2c(Oc3ccc(NC(=O)c4nn(-c5ccccc5C)c(=O)cc4C)cc3F)ccnc2cc1OCCCN1CCC(C)CC1. The van der Waals surface area contributed by atoms with Gasteiger partial charge < -0.3 is 24.4 Å².